The maximum Gasteiger partial charge on any atom is 0.344 e. The molecule has 0 unspecified atom stereocenters. The minimum absolute atomic E-state index is 0.306. The highest BCUT2D eigenvalue weighted by molar-refractivity contribution is 6.01. The maximum absolute atomic E-state index is 11.8. The molecule has 1 aromatic carbocycles. The quantitative estimate of drug-likeness (QED) is 0.537. The van der Waals surface area contributed by atoms with Gasteiger partial charge in [0, 0.05) is 11.6 Å². The molecule has 0 spiro atoms. The standard InChI is InChI=1S/C13H9NO2/c1-8-4-5-9-10(7-8)13(15)16-11-3-2-6-14-12(9)11/h2-7H,1H3. The van der Waals surface area contributed by atoms with Gasteiger partial charge in [0.2, 0.25) is 0 Å². The van der Waals surface area contributed by atoms with E-state index in [-0.39, 0.29) is 5.63 Å². The second-order valence-corrected chi connectivity index (χ2v) is 3.79. The summed E-state index contributed by atoms with van der Waals surface area (Å²) in [5, 5.41) is 1.43. The van der Waals surface area contributed by atoms with Crippen LogP contribution >= 0.6 is 0 Å². The molecular formula is C13H9NO2. The molecule has 0 radical (unpaired) electrons. The van der Waals surface area contributed by atoms with Gasteiger partial charge in [-0.25, -0.2) is 4.79 Å². The van der Waals surface area contributed by atoms with E-state index in [1.807, 2.05) is 25.1 Å². The van der Waals surface area contributed by atoms with Crippen molar-refractivity contribution in [2.45, 2.75) is 6.92 Å². The zero-order valence-corrected chi connectivity index (χ0v) is 8.73. The first-order valence-corrected chi connectivity index (χ1v) is 5.04. The number of hydrogen-bond donors (Lipinski definition) is 0. The predicted molar refractivity (Wildman–Crippen MR) is 62.5 cm³/mol. The zero-order chi connectivity index (χ0) is 11.1. The monoisotopic (exact) mass is 211 g/mol. The maximum atomic E-state index is 11.8. The van der Waals surface area contributed by atoms with Crippen LogP contribution in [-0.4, -0.2) is 4.98 Å². The molecule has 0 N–H and O–H groups in total. The smallest absolute Gasteiger partial charge is 0.344 e. The molecule has 0 aliphatic rings. The van der Waals surface area contributed by atoms with Crippen LogP contribution in [0, 0.1) is 6.92 Å². The van der Waals surface area contributed by atoms with Gasteiger partial charge in [-0.05, 0) is 25.1 Å². The van der Waals surface area contributed by atoms with E-state index in [0.717, 1.165) is 16.5 Å². The van der Waals surface area contributed by atoms with E-state index in [2.05, 4.69) is 4.98 Å². The van der Waals surface area contributed by atoms with Crippen LogP contribution in [0.5, 0.6) is 0 Å². The average molecular weight is 211 g/mol. The lowest BCUT2D eigenvalue weighted by Crippen LogP contribution is -2.00. The molecule has 0 atom stereocenters. The van der Waals surface area contributed by atoms with Crippen molar-refractivity contribution in [3.63, 3.8) is 0 Å². The summed E-state index contributed by atoms with van der Waals surface area (Å²) in [5.41, 5.74) is 2.00. The number of rotatable bonds is 0. The summed E-state index contributed by atoms with van der Waals surface area (Å²) in [5.74, 6) is 0. The minimum atomic E-state index is -0.306. The molecule has 0 aliphatic carbocycles. The molecule has 2 heterocycles. The molecule has 78 valence electrons. The molecule has 0 saturated carbocycles. The molecule has 2 aromatic heterocycles. The molecular weight excluding hydrogens is 202 g/mol. The van der Waals surface area contributed by atoms with Crippen LogP contribution in [0.2, 0.25) is 0 Å². The highest BCUT2D eigenvalue weighted by atomic mass is 16.4. The molecule has 16 heavy (non-hydrogen) atoms. The summed E-state index contributed by atoms with van der Waals surface area (Å²) >= 11 is 0. The van der Waals surface area contributed by atoms with Crippen LogP contribution in [0.15, 0.2) is 45.7 Å². The molecule has 0 amide bonds. The van der Waals surface area contributed by atoms with E-state index in [9.17, 15) is 4.79 Å². The van der Waals surface area contributed by atoms with Gasteiger partial charge in [-0.1, -0.05) is 17.7 Å². The molecule has 0 bridgehead atoms. The lowest BCUT2D eigenvalue weighted by Gasteiger charge is -2.01. The number of fused-ring (bicyclic) bond motifs is 3. The predicted octanol–water partition coefficient (Wildman–Crippen LogP) is 2.65. The number of hydrogen-bond acceptors (Lipinski definition) is 3. The minimum Gasteiger partial charge on any atom is -0.421 e. The van der Waals surface area contributed by atoms with Crippen LogP contribution in [0.25, 0.3) is 21.9 Å². The fraction of sp³-hybridized carbons (Fsp3) is 0.0769. The summed E-state index contributed by atoms with van der Waals surface area (Å²) < 4.78 is 5.21. The Morgan fingerprint density at radius 1 is 1.19 bits per heavy atom. The van der Waals surface area contributed by atoms with Gasteiger partial charge in [0.05, 0.1) is 5.39 Å². The van der Waals surface area contributed by atoms with Gasteiger partial charge in [-0.2, -0.15) is 0 Å². The lowest BCUT2D eigenvalue weighted by atomic mass is 10.1. The first kappa shape index (κ1) is 9.09. The number of benzene rings is 1. The molecule has 3 heteroatoms. The number of pyridine rings is 1. The van der Waals surface area contributed by atoms with Gasteiger partial charge in [0.25, 0.3) is 0 Å². The van der Waals surface area contributed by atoms with Crippen molar-refractivity contribution >= 4 is 21.9 Å². The van der Waals surface area contributed by atoms with Crippen LogP contribution in [0.3, 0.4) is 0 Å². The van der Waals surface area contributed by atoms with Crippen molar-refractivity contribution in [3.8, 4) is 0 Å². The van der Waals surface area contributed by atoms with Gasteiger partial charge in [0.1, 0.15) is 5.52 Å². The average Bonchev–Trinajstić information content (AvgIpc) is 2.29. The fourth-order valence-corrected chi connectivity index (χ4v) is 1.86. The summed E-state index contributed by atoms with van der Waals surface area (Å²) in [4.78, 5) is 16.0. The lowest BCUT2D eigenvalue weighted by molar-refractivity contribution is 0.568. The van der Waals surface area contributed by atoms with E-state index in [1.165, 1.54) is 0 Å². The van der Waals surface area contributed by atoms with Crippen molar-refractivity contribution in [2.75, 3.05) is 0 Å². The summed E-state index contributed by atoms with van der Waals surface area (Å²) in [6, 6.07) is 9.22. The number of aryl methyl sites for hydroxylation is 1. The SMILES string of the molecule is Cc1ccc2c(c1)c(=O)oc1cccnc12. The normalized spacial score (nSPS) is 11.1. The van der Waals surface area contributed by atoms with E-state index < -0.39 is 0 Å². The van der Waals surface area contributed by atoms with Crippen LogP contribution in [-0.2, 0) is 0 Å². The van der Waals surface area contributed by atoms with Crippen molar-refractivity contribution in [2.24, 2.45) is 0 Å². The summed E-state index contributed by atoms with van der Waals surface area (Å²) in [6.45, 7) is 1.95. The Morgan fingerprint density at radius 3 is 2.94 bits per heavy atom. The zero-order valence-electron chi connectivity index (χ0n) is 8.73. The summed E-state index contributed by atoms with van der Waals surface area (Å²) in [7, 11) is 0. The topological polar surface area (TPSA) is 43.1 Å². The summed E-state index contributed by atoms with van der Waals surface area (Å²) in [6.07, 6.45) is 1.70. The van der Waals surface area contributed by atoms with Crippen molar-refractivity contribution in [1.82, 2.24) is 4.98 Å². The first-order chi connectivity index (χ1) is 7.75. The third-order valence-electron chi connectivity index (χ3n) is 2.62. The van der Waals surface area contributed by atoms with Gasteiger partial charge < -0.3 is 4.42 Å². The largest absolute Gasteiger partial charge is 0.421 e. The Hall–Kier alpha value is -2.16. The fourth-order valence-electron chi connectivity index (χ4n) is 1.86. The highest BCUT2D eigenvalue weighted by Gasteiger charge is 2.07. The Kier molecular flexibility index (Phi) is 1.80. The first-order valence-electron chi connectivity index (χ1n) is 5.04. The Balaban J connectivity index is 2.65. The van der Waals surface area contributed by atoms with Gasteiger partial charge in [-0.15, -0.1) is 0 Å². The second-order valence-electron chi connectivity index (χ2n) is 3.79. The van der Waals surface area contributed by atoms with E-state index in [4.69, 9.17) is 4.42 Å². The Labute approximate surface area is 91.3 Å². The van der Waals surface area contributed by atoms with E-state index >= 15 is 0 Å². The van der Waals surface area contributed by atoms with Crippen LogP contribution in [0.1, 0.15) is 5.56 Å². The molecule has 0 saturated heterocycles. The van der Waals surface area contributed by atoms with Crippen molar-refractivity contribution in [3.05, 3.63) is 52.5 Å². The molecule has 0 aliphatic heterocycles. The van der Waals surface area contributed by atoms with E-state index in [1.54, 1.807) is 18.3 Å². The third-order valence-corrected chi connectivity index (χ3v) is 2.62. The Bertz CT molecular complexity index is 744. The molecule has 3 rings (SSSR count). The third kappa shape index (κ3) is 1.21. The van der Waals surface area contributed by atoms with Gasteiger partial charge in [-0.3, -0.25) is 4.98 Å². The number of nitrogens with zero attached hydrogens (tertiary/aromatic N) is 1. The van der Waals surface area contributed by atoms with Crippen molar-refractivity contribution < 1.29 is 4.42 Å². The highest BCUT2D eigenvalue weighted by Crippen LogP contribution is 2.20. The second kappa shape index (κ2) is 3.17. The van der Waals surface area contributed by atoms with Crippen molar-refractivity contribution in [1.29, 1.82) is 0 Å². The van der Waals surface area contributed by atoms with E-state index in [0.29, 0.717) is 11.0 Å². The van der Waals surface area contributed by atoms with Gasteiger partial charge >= 0.3 is 5.63 Å². The number of aromatic nitrogens is 1. The van der Waals surface area contributed by atoms with Crippen LogP contribution in [0.4, 0.5) is 0 Å². The van der Waals surface area contributed by atoms with Crippen LogP contribution < -0.4 is 5.63 Å². The van der Waals surface area contributed by atoms with Gasteiger partial charge in [0.15, 0.2) is 5.58 Å². The Morgan fingerprint density at radius 2 is 2.06 bits per heavy atom. The molecule has 0 fully saturated rings. The molecule has 3 nitrogen and oxygen atoms in total. The molecule has 3 aromatic rings.